The summed E-state index contributed by atoms with van der Waals surface area (Å²) in [7, 11) is 0. The predicted molar refractivity (Wildman–Crippen MR) is 170 cm³/mol. The minimum atomic E-state index is -1.00. The molecular weight excluding hydrogens is 532 g/mol. The van der Waals surface area contributed by atoms with Crippen LogP contribution in [0.25, 0.3) is 0 Å². The number of carboxylic acid groups (broad SMARTS) is 2. The molecule has 0 aliphatic rings. The Balaban J connectivity index is 0.000000630. The van der Waals surface area contributed by atoms with Crippen LogP contribution in [0.5, 0.6) is 0 Å². The highest BCUT2D eigenvalue weighted by Gasteiger charge is 2.12. The molecule has 2 rings (SSSR count). The number of aliphatic carboxylic acids is 2. The molecule has 0 radical (unpaired) electrons. The topological polar surface area (TPSA) is 176 Å². The van der Waals surface area contributed by atoms with Crippen LogP contribution in [0.3, 0.4) is 0 Å². The van der Waals surface area contributed by atoms with Crippen molar-refractivity contribution in [2.45, 2.75) is 135 Å². The molecule has 9 heteroatoms. The second-order valence-electron chi connectivity index (χ2n) is 10.9. The third-order valence-electron chi connectivity index (χ3n) is 6.94. The van der Waals surface area contributed by atoms with Gasteiger partial charge in [-0.3, -0.25) is 9.59 Å². The normalized spacial score (nSPS) is 11.9. The van der Waals surface area contributed by atoms with Gasteiger partial charge in [-0.2, -0.15) is 0 Å². The number of H-pyrrole nitrogens is 1. The quantitative estimate of drug-likeness (QED) is 0.0872. The van der Waals surface area contributed by atoms with Crippen LogP contribution in [0.1, 0.15) is 121 Å². The number of aliphatic hydroxyl groups is 1. The Morgan fingerprint density at radius 1 is 0.714 bits per heavy atom. The van der Waals surface area contributed by atoms with E-state index in [9.17, 15) is 9.59 Å². The number of nitrogens with one attached hydrogen (secondary N) is 1. The Hall–Kier alpha value is -2.75. The van der Waals surface area contributed by atoms with E-state index in [-0.39, 0.29) is 6.42 Å². The van der Waals surface area contributed by atoms with Crippen molar-refractivity contribution in [3.63, 3.8) is 0 Å². The first-order valence-corrected chi connectivity index (χ1v) is 15.9. The van der Waals surface area contributed by atoms with Crippen LogP contribution in [-0.2, 0) is 22.4 Å². The monoisotopic (exact) mass is 590 g/mol. The summed E-state index contributed by atoms with van der Waals surface area (Å²) in [4.78, 5) is 27.1. The number of aromatic amines is 1. The zero-order valence-electron chi connectivity index (χ0n) is 25.9. The minimum Gasteiger partial charge on any atom is -0.480 e. The number of nitrogens with zero attached hydrogens (tertiary/aromatic N) is 1. The number of aromatic nitrogens is 2. The Morgan fingerprint density at radius 3 is 1.52 bits per heavy atom. The first-order valence-electron chi connectivity index (χ1n) is 15.9. The molecule has 0 fully saturated rings. The number of hydrogen-bond acceptors (Lipinski definition) is 6. The van der Waals surface area contributed by atoms with Gasteiger partial charge in [0.2, 0.25) is 0 Å². The summed E-state index contributed by atoms with van der Waals surface area (Å²) in [5.41, 5.74) is 12.3. The van der Waals surface area contributed by atoms with Crippen molar-refractivity contribution >= 4 is 11.9 Å². The third kappa shape index (κ3) is 25.0. The van der Waals surface area contributed by atoms with E-state index in [1.807, 2.05) is 30.3 Å². The van der Waals surface area contributed by atoms with Gasteiger partial charge < -0.3 is 31.8 Å². The average molecular weight is 591 g/mol. The van der Waals surface area contributed by atoms with Gasteiger partial charge in [-0.05, 0) is 18.4 Å². The summed E-state index contributed by atoms with van der Waals surface area (Å²) in [6.07, 6.45) is 25.9. The Kier molecular flexibility index (Phi) is 26.5. The third-order valence-corrected chi connectivity index (χ3v) is 6.94. The molecule has 0 amide bonds. The Labute approximate surface area is 253 Å². The van der Waals surface area contributed by atoms with Crippen molar-refractivity contribution in [3.05, 3.63) is 54.1 Å². The molecular formula is C33H58N4O5. The minimum absolute atomic E-state index is 0.287. The molecule has 0 spiro atoms. The zero-order chi connectivity index (χ0) is 31.3. The van der Waals surface area contributed by atoms with Gasteiger partial charge in [0.15, 0.2) is 0 Å². The number of carbonyl (C=O) groups is 2. The molecule has 1 aromatic carbocycles. The molecule has 8 N–H and O–H groups in total. The molecule has 2 atom stereocenters. The zero-order valence-corrected chi connectivity index (χ0v) is 25.9. The van der Waals surface area contributed by atoms with Crippen LogP contribution < -0.4 is 11.5 Å². The van der Waals surface area contributed by atoms with E-state index in [2.05, 4.69) is 16.9 Å². The molecule has 0 aliphatic heterocycles. The lowest BCUT2D eigenvalue weighted by molar-refractivity contribution is -0.139. The van der Waals surface area contributed by atoms with Gasteiger partial charge in [-0.25, -0.2) is 4.98 Å². The van der Waals surface area contributed by atoms with Crippen molar-refractivity contribution in [3.8, 4) is 0 Å². The maximum Gasteiger partial charge on any atom is 0.320 e. The second-order valence-corrected chi connectivity index (χ2v) is 10.9. The van der Waals surface area contributed by atoms with Gasteiger partial charge in [0.25, 0.3) is 0 Å². The van der Waals surface area contributed by atoms with Crippen molar-refractivity contribution in [2.75, 3.05) is 6.61 Å². The molecule has 2 aromatic rings. The first-order chi connectivity index (χ1) is 20.3. The number of carboxylic acids is 2. The number of unbranched alkanes of at least 4 members (excludes halogenated alkanes) is 15. The lowest BCUT2D eigenvalue weighted by Gasteiger charge is -2.04. The number of imidazole rings is 1. The second kappa shape index (κ2) is 28.4. The summed E-state index contributed by atoms with van der Waals surface area (Å²) in [5.74, 6) is -1.96. The average Bonchev–Trinajstić information content (AvgIpc) is 3.49. The highest BCUT2D eigenvalue weighted by Crippen LogP contribution is 2.13. The lowest BCUT2D eigenvalue weighted by Crippen LogP contribution is -2.32. The van der Waals surface area contributed by atoms with Crippen molar-refractivity contribution in [1.29, 1.82) is 0 Å². The molecule has 0 saturated carbocycles. The number of hydrogen-bond donors (Lipinski definition) is 6. The first kappa shape index (κ1) is 39.2. The van der Waals surface area contributed by atoms with Crippen LogP contribution in [0.4, 0.5) is 0 Å². The molecule has 42 heavy (non-hydrogen) atoms. The van der Waals surface area contributed by atoms with E-state index < -0.39 is 24.0 Å². The highest BCUT2D eigenvalue weighted by atomic mass is 16.4. The molecule has 240 valence electrons. The van der Waals surface area contributed by atoms with Gasteiger partial charge >= 0.3 is 11.9 Å². The van der Waals surface area contributed by atoms with Gasteiger partial charge in [0.1, 0.15) is 12.1 Å². The summed E-state index contributed by atoms with van der Waals surface area (Å²) in [6, 6.07) is 7.69. The number of rotatable bonds is 22. The van der Waals surface area contributed by atoms with E-state index in [1.54, 1.807) is 6.20 Å². The molecule has 0 aliphatic carbocycles. The van der Waals surface area contributed by atoms with E-state index in [0.29, 0.717) is 13.0 Å². The van der Waals surface area contributed by atoms with Crippen molar-refractivity contribution < 1.29 is 24.9 Å². The summed E-state index contributed by atoms with van der Waals surface area (Å²) in [6.45, 7) is 2.66. The predicted octanol–water partition coefficient (Wildman–Crippen LogP) is 6.25. The maximum absolute atomic E-state index is 10.4. The van der Waals surface area contributed by atoms with Gasteiger partial charge in [-0.15, -0.1) is 0 Å². The smallest absolute Gasteiger partial charge is 0.320 e. The maximum atomic E-state index is 10.4. The van der Waals surface area contributed by atoms with Crippen molar-refractivity contribution in [2.24, 2.45) is 11.5 Å². The summed E-state index contributed by atoms with van der Waals surface area (Å²) < 4.78 is 0. The molecule has 1 heterocycles. The number of aliphatic hydroxyl groups excluding tert-OH is 1. The standard InChI is InChI=1S/C18H38O.C9H11NO2.C6H9N3O2/c1-2-3-4-5-6-7-8-9-10-11-12-13-14-15-16-17-18-19;10-8(9(11)12)6-7-4-2-1-3-5-7;7-5(6(10)11)1-4-2-8-3-9-4/h19H,2-18H2,1H3;1-5,8H,6,10H2,(H,11,12);2-3,5H,1,7H2,(H,8,9)(H,10,11). The SMILES string of the molecule is CCCCCCCCCCCCCCCCCCO.NC(Cc1ccccc1)C(=O)O.NC(Cc1cnc[nH]1)C(=O)O. The van der Waals surface area contributed by atoms with Crippen LogP contribution in [0.2, 0.25) is 0 Å². The number of nitrogens with two attached hydrogens (primary N) is 2. The molecule has 0 bridgehead atoms. The molecule has 9 nitrogen and oxygen atoms in total. The van der Waals surface area contributed by atoms with Crippen LogP contribution in [0.15, 0.2) is 42.9 Å². The molecule has 2 unspecified atom stereocenters. The molecule has 1 aromatic heterocycles. The van der Waals surface area contributed by atoms with Crippen LogP contribution in [0, 0.1) is 0 Å². The fraction of sp³-hybridized carbons (Fsp3) is 0.667. The Morgan fingerprint density at radius 2 is 1.14 bits per heavy atom. The van der Waals surface area contributed by atoms with Gasteiger partial charge in [0, 0.05) is 24.9 Å². The van der Waals surface area contributed by atoms with Crippen LogP contribution in [-0.4, -0.2) is 55.9 Å². The Bertz CT molecular complexity index is 849. The summed E-state index contributed by atoms with van der Waals surface area (Å²) >= 11 is 0. The summed E-state index contributed by atoms with van der Waals surface area (Å²) in [5, 5.41) is 25.6. The lowest BCUT2D eigenvalue weighted by atomic mass is 10.0. The van der Waals surface area contributed by atoms with E-state index in [0.717, 1.165) is 17.7 Å². The van der Waals surface area contributed by atoms with E-state index >= 15 is 0 Å². The van der Waals surface area contributed by atoms with E-state index in [1.165, 1.54) is 103 Å². The van der Waals surface area contributed by atoms with Gasteiger partial charge in [-0.1, -0.05) is 134 Å². The highest BCUT2D eigenvalue weighted by molar-refractivity contribution is 5.73. The largest absolute Gasteiger partial charge is 0.480 e. The van der Waals surface area contributed by atoms with Crippen LogP contribution >= 0.6 is 0 Å². The fourth-order valence-electron chi connectivity index (χ4n) is 4.34. The van der Waals surface area contributed by atoms with Crippen molar-refractivity contribution in [1.82, 2.24) is 9.97 Å². The van der Waals surface area contributed by atoms with E-state index in [4.69, 9.17) is 26.8 Å². The van der Waals surface area contributed by atoms with Gasteiger partial charge in [0.05, 0.1) is 6.33 Å². The number of benzene rings is 1. The fourth-order valence-corrected chi connectivity index (χ4v) is 4.34. The molecule has 0 saturated heterocycles.